The number of hydrogen-bond donors (Lipinski definition) is 0. The van der Waals surface area contributed by atoms with Crippen molar-refractivity contribution in [3.05, 3.63) is 0 Å². The van der Waals surface area contributed by atoms with E-state index in [0.717, 1.165) is 19.1 Å². The molecular formula is C17H32O2. The van der Waals surface area contributed by atoms with Gasteiger partial charge in [-0.3, -0.25) is 0 Å². The molecule has 0 aromatic heterocycles. The highest BCUT2D eigenvalue weighted by molar-refractivity contribution is 5.56. The zero-order chi connectivity index (χ0) is 14.1. The van der Waals surface area contributed by atoms with Crippen molar-refractivity contribution in [1.82, 2.24) is 0 Å². The summed E-state index contributed by atoms with van der Waals surface area (Å²) in [6.07, 6.45) is 13.4. The molecule has 1 aliphatic carbocycles. The Morgan fingerprint density at radius 1 is 1.26 bits per heavy atom. The van der Waals surface area contributed by atoms with Crippen LogP contribution in [0.1, 0.15) is 78.1 Å². The minimum atomic E-state index is -0.162. The third-order valence-electron chi connectivity index (χ3n) is 5.08. The zero-order valence-electron chi connectivity index (χ0n) is 13.1. The molecule has 0 amide bonds. The minimum absolute atomic E-state index is 0.0983. The molecule has 19 heavy (non-hydrogen) atoms. The minimum Gasteiger partial charge on any atom is -0.377 e. The third-order valence-corrected chi connectivity index (χ3v) is 5.08. The van der Waals surface area contributed by atoms with E-state index in [-0.39, 0.29) is 11.5 Å². The fraction of sp³-hybridized carbons (Fsp3) is 0.941. The highest BCUT2D eigenvalue weighted by atomic mass is 16.5. The molecule has 1 aliphatic rings. The van der Waals surface area contributed by atoms with Crippen molar-refractivity contribution in [2.24, 2.45) is 11.8 Å². The van der Waals surface area contributed by atoms with Gasteiger partial charge in [-0.1, -0.05) is 58.8 Å². The van der Waals surface area contributed by atoms with Crippen LogP contribution in [0.2, 0.25) is 0 Å². The van der Waals surface area contributed by atoms with E-state index in [4.69, 9.17) is 4.74 Å². The molecule has 2 heteroatoms. The van der Waals surface area contributed by atoms with Gasteiger partial charge in [-0.15, -0.1) is 0 Å². The number of carbonyl (C=O) groups excluding carboxylic acids is 1. The normalized spacial score (nSPS) is 28.5. The van der Waals surface area contributed by atoms with Gasteiger partial charge in [0.1, 0.15) is 6.29 Å². The lowest BCUT2D eigenvalue weighted by molar-refractivity contribution is -0.129. The molecule has 3 atom stereocenters. The van der Waals surface area contributed by atoms with E-state index < -0.39 is 0 Å². The summed E-state index contributed by atoms with van der Waals surface area (Å²) >= 11 is 0. The van der Waals surface area contributed by atoms with Crippen LogP contribution in [0.25, 0.3) is 0 Å². The van der Waals surface area contributed by atoms with E-state index in [1.165, 1.54) is 51.4 Å². The van der Waals surface area contributed by atoms with Crippen LogP contribution in [-0.4, -0.2) is 19.0 Å². The van der Waals surface area contributed by atoms with E-state index >= 15 is 0 Å². The Hall–Kier alpha value is -0.370. The molecule has 0 aliphatic heterocycles. The van der Waals surface area contributed by atoms with Gasteiger partial charge >= 0.3 is 0 Å². The second-order valence-electron chi connectivity index (χ2n) is 6.25. The van der Waals surface area contributed by atoms with Gasteiger partial charge in [0.2, 0.25) is 0 Å². The molecule has 1 rings (SSSR count). The molecule has 0 bridgehead atoms. The number of unbranched alkanes of at least 4 members (excludes halogenated alkanes) is 5. The lowest BCUT2D eigenvalue weighted by Crippen LogP contribution is -2.43. The van der Waals surface area contributed by atoms with Crippen molar-refractivity contribution >= 4 is 6.29 Å². The Morgan fingerprint density at radius 3 is 2.47 bits per heavy atom. The number of aldehydes is 1. The Bertz CT molecular complexity index is 252. The van der Waals surface area contributed by atoms with Crippen molar-refractivity contribution in [1.29, 1.82) is 0 Å². The maximum atomic E-state index is 11.5. The highest BCUT2D eigenvalue weighted by Gasteiger charge is 2.46. The first kappa shape index (κ1) is 16.7. The van der Waals surface area contributed by atoms with Crippen LogP contribution < -0.4 is 0 Å². The molecule has 0 aromatic carbocycles. The number of carbonyl (C=O) groups is 1. The summed E-state index contributed by atoms with van der Waals surface area (Å²) in [7, 11) is 1.79. The van der Waals surface area contributed by atoms with Crippen LogP contribution in [0.5, 0.6) is 0 Å². The van der Waals surface area contributed by atoms with E-state index in [1.54, 1.807) is 7.11 Å². The summed E-state index contributed by atoms with van der Waals surface area (Å²) in [5, 5.41) is 0. The second kappa shape index (κ2) is 8.73. The van der Waals surface area contributed by atoms with Gasteiger partial charge in [0.25, 0.3) is 0 Å². The molecule has 1 fully saturated rings. The third kappa shape index (κ3) is 4.30. The molecule has 0 heterocycles. The van der Waals surface area contributed by atoms with Gasteiger partial charge in [0, 0.05) is 13.0 Å². The molecule has 0 N–H and O–H groups in total. The Morgan fingerprint density at radius 2 is 1.95 bits per heavy atom. The van der Waals surface area contributed by atoms with Crippen LogP contribution in [0.15, 0.2) is 0 Å². The fourth-order valence-electron chi connectivity index (χ4n) is 3.75. The van der Waals surface area contributed by atoms with Gasteiger partial charge in [-0.25, -0.2) is 0 Å². The zero-order valence-corrected chi connectivity index (χ0v) is 13.1. The monoisotopic (exact) mass is 268 g/mol. The summed E-state index contributed by atoms with van der Waals surface area (Å²) in [4.78, 5) is 11.5. The molecule has 0 aromatic rings. The summed E-state index contributed by atoms with van der Waals surface area (Å²) in [5.74, 6) is 0.619. The first-order valence-corrected chi connectivity index (χ1v) is 8.21. The molecule has 3 unspecified atom stereocenters. The lowest BCUT2D eigenvalue weighted by Gasteiger charge is -2.37. The molecule has 0 saturated heterocycles. The SMILES string of the molecule is CCCCCCCCC(C=O)C1(OC)CCCC1C. The van der Waals surface area contributed by atoms with Crippen molar-refractivity contribution in [3.8, 4) is 0 Å². The average molecular weight is 268 g/mol. The first-order valence-electron chi connectivity index (χ1n) is 8.21. The molecule has 2 nitrogen and oxygen atoms in total. The molecule has 112 valence electrons. The molecule has 0 spiro atoms. The summed E-state index contributed by atoms with van der Waals surface area (Å²) < 4.78 is 5.83. The van der Waals surface area contributed by atoms with Gasteiger partial charge < -0.3 is 9.53 Å². The predicted octanol–water partition coefficient (Wildman–Crippen LogP) is 4.76. The fourth-order valence-corrected chi connectivity index (χ4v) is 3.75. The highest BCUT2D eigenvalue weighted by Crippen LogP contribution is 2.44. The van der Waals surface area contributed by atoms with Gasteiger partial charge in [-0.2, -0.15) is 0 Å². The Kier molecular flexibility index (Phi) is 7.67. The maximum absolute atomic E-state index is 11.5. The average Bonchev–Trinajstić information content (AvgIpc) is 2.80. The number of methoxy groups -OCH3 is 1. The first-order chi connectivity index (χ1) is 9.21. The smallest absolute Gasteiger partial charge is 0.125 e. The van der Waals surface area contributed by atoms with E-state index in [0.29, 0.717) is 5.92 Å². The standard InChI is InChI=1S/C17H32O2/c1-4-5-6-7-8-9-12-16(14-18)17(19-3)13-10-11-15(17)2/h14-16H,4-13H2,1-3H3. The number of rotatable bonds is 10. The van der Waals surface area contributed by atoms with Crippen LogP contribution >= 0.6 is 0 Å². The largest absolute Gasteiger partial charge is 0.377 e. The van der Waals surface area contributed by atoms with Crippen LogP contribution in [-0.2, 0) is 9.53 Å². The van der Waals surface area contributed by atoms with Crippen molar-refractivity contribution < 1.29 is 9.53 Å². The lowest BCUT2D eigenvalue weighted by atomic mass is 9.77. The quantitative estimate of drug-likeness (QED) is 0.422. The van der Waals surface area contributed by atoms with E-state index in [2.05, 4.69) is 13.8 Å². The molecule has 0 radical (unpaired) electrons. The van der Waals surface area contributed by atoms with Crippen LogP contribution in [0, 0.1) is 11.8 Å². The van der Waals surface area contributed by atoms with Gasteiger partial charge in [0.15, 0.2) is 0 Å². The summed E-state index contributed by atoms with van der Waals surface area (Å²) in [5.41, 5.74) is -0.162. The summed E-state index contributed by atoms with van der Waals surface area (Å²) in [6.45, 7) is 4.49. The maximum Gasteiger partial charge on any atom is 0.125 e. The van der Waals surface area contributed by atoms with Gasteiger partial charge in [0.05, 0.1) is 5.60 Å². The number of ether oxygens (including phenoxy) is 1. The van der Waals surface area contributed by atoms with E-state index in [1.807, 2.05) is 0 Å². The summed E-state index contributed by atoms with van der Waals surface area (Å²) in [6, 6.07) is 0. The number of hydrogen-bond acceptors (Lipinski definition) is 2. The second-order valence-corrected chi connectivity index (χ2v) is 6.25. The van der Waals surface area contributed by atoms with Crippen LogP contribution in [0.4, 0.5) is 0 Å². The predicted molar refractivity (Wildman–Crippen MR) is 80.3 cm³/mol. The topological polar surface area (TPSA) is 26.3 Å². The van der Waals surface area contributed by atoms with Crippen molar-refractivity contribution in [2.75, 3.05) is 7.11 Å². The van der Waals surface area contributed by atoms with E-state index in [9.17, 15) is 4.79 Å². The Balaban J connectivity index is 2.37. The van der Waals surface area contributed by atoms with Crippen LogP contribution in [0.3, 0.4) is 0 Å². The van der Waals surface area contributed by atoms with Crippen molar-refractivity contribution in [2.45, 2.75) is 83.7 Å². The molecular weight excluding hydrogens is 236 g/mol. The Labute approximate surface area is 119 Å². The van der Waals surface area contributed by atoms with Gasteiger partial charge in [-0.05, 0) is 25.2 Å². The van der Waals surface area contributed by atoms with Crippen molar-refractivity contribution in [3.63, 3.8) is 0 Å². The molecule has 1 saturated carbocycles.